The number of aliphatic hydroxyl groups excluding tert-OH is 1. The van der Waals surface area contributed by atoms with E-state index in [1.165, 1.54) is 44.2 Å². The third kappa shape index (κ3) is 9.43. The predicted molar refractivity (Wildman–Crippen MR) is 84.1 cm³/mol. The molecule has 4 heteroatoms. The van der Waals surface area contributed by atoms with Crippen molar-refractivity contribution in [1.29, 1.82) is 0 Å². The maximum Gasteiger partial charge on any atom is 0.123 e. The molecule has 1 rings (SSSR count). The minimum atomic E-state index is -0.546. The Labute approximate surface area is 127 Å². The van der Waals surface area contributed by atoms with Gasteiger partial charge in [-0.05, 0) is 37.2 Å². The first-order valence-electron chi connectivity index (χ1n) is 7.99. The molecule has 1 aromatic carbocycles. The Morgan fingerprint density at radius 1 is 1.10 bits per heavy atom. The summed E-state index contributed by atoms with van der Waals surface area (Å²) in [5.41, 5.74) is 0. The molecule has 0 bridgehead atoms. The molecule has 0 amide bonds. The van der Waals surface area contributed by atoms with Gasteiger partial charge in [-0.15, -0.1) is 0 Å². The molecule has 0 fully saturated rings. The number of benzene rings is 1. The van der Waals surface area contributed by atoms with Crippen molar-refractivity contribution < 1.29 is 14.2 Å². The quantitative estimate of drug-likeness (QED) is 0.580. The summed E-state index contributed by atoms with van der Waals surface area (Å²) in [6.45, 7) is 3.89. The molecule has 1 aromatic rings. The van der Waals surface area contributed by atoms with Crippen molar-refractivity contribution in [3.8, 4) is 5.75 Å². The Morgan fingerprint density at radius 3 is 2.48 bits per heavy atom. The van der Waals surface area contributed by atoms with Gasteiger partial charge in [0.15, 0.2) is 0 Å². The molecular formula is C17H28FNO2. The number of aliphatic hydroxyl groups is 1. The molecular weight excluding hydrogens is 269 g/mol. The van der Waals surface area contributed by atoms with E-state index in [1.54, 1.807) is 12.1 Å². The van der Waals surface area contributed by atoms with Crippen molar-refractivity contribution in [2.75, 3.05) is 19.7 Å². The van der Waals surface area contributed by atoms with Crippen LogP contribution in [0.2, 0.25) is 0 Å². The van der Waals surface area contributed by atoms with Gasteiger partial charge in [0.2, 0.25) is 0 Å². The summed E-state index contributed by atoms with van der Waals surface area (Å²) in [4.78, 5) is 0. The average Bonchev–Trinajstić information content (AvgIpc) is 2.49. The van der Waals surface area contributed by atoms with Crippen molar-refractivity contribution in [1.82, 2.24) is 5.32 Å². The Kier molecular flexibility index (Phi) is 9.83. The molecule has 0 aliphatic heterocycles. The van der Waals surface area contributed by atoms with Gasteiger partial charge in [-0.25, -0.2) is 4.39 Å². The summed E-state index contributed by atoms with van der Waals surface area (Å²) < 4.78 is 18.1. The van der Waals surface area contributed by atoms with Crippen LogP contribution in [0.15, 0.2) is 24.3 Å². The second-order valence-electron chi connectivity index (χ2n) is 5.39. The molecule has 0 saturated heterocycles. The molecule has 0 radical (unpaired) electrons. The van der Waals surface area contributed by atoms with E-state index in [1.807, 2.05) is 0 Å². The van der Waals surface area contributed by atoms with Crippen LogP contribution in [0.25, 0.3) is 0 Å². The molecule has 0 aliphatic rings. The molecule has 21 heavy (non-hydrogen) atoms. The fraction of sp³-hybridized carbons (Fsp3) is 0.647. The summed E-state index contributed by atoms with van der Waals surface area (Å²) in [5, 5.41) is 13.0. The lowest BCUT2D eigenvalue weighted by Gasteiger charge is -2.13. The van der Waals surface area contributed by atoms with Gasteiger partial charge in [0.1, 0.15) is 24.3 Å². The van der Waals surface area contributed by atoms with Crippen LogP contribution in [-0.2, 0) is 0 Å². The van der Waals surface area contributed by atoms with Crippen LogP contribution in [-0.4, -0.2) is 30.9 Å². The van der Waals surface area contributed by atoms with E-state index >= 15 is 0 Å². The van der Waals surface area contributed by atoms with Crippen molar-refractivity contribution in [2.45, 2.75) is 51.6 Å². The fourth-order valence-electron chi connectivity index (χ4n) is 2.08. The molecule has 2 N–H and O–H groups in total. The summed E-state index contributed by atoms with van der Waals surface area (Å²) in [5.74, 6) is 0.287. The van der Waals surface area contributed by atoms with Crippen LogP contribution < -0.4 is 10.1 Å². The minimum Gasteiger partial charge on any atom is -0.491 e. The smallest absolute Gasteiger partial charge is 0.123 e. The zero-order valence-electron chi connectivity index (χ0n) is 13.0. The summed E-state index contributed by atoms with van der Waals surface area (Å²) in [6.07, 6.45) is 7.07. The molecule has 1 unspecified atom stereocenters. The van der Waals surface area contributed by atoms with Crippen molar-refractivity contribution >= 4 is 0 Å². The topological polar surface area (TPSA) is 41.5 Å². The van der Waals surface area contributed by atoms with Crippen molar-refractivity contribution in [3.05, 3.63) is 30.1 Å². The standard InChI is InChI=1S/C17H28FNO2/c1-2-3-4-5-6-7-12-19-13-16(20)14-21-17-10-8-15(18)9-11-17/h8-11,16,19-20H,2-7,12-14H2,1H3. The van der Waals surface area contributed by atoms with Crippen LogP contribution in [0.5, 0.6) is 5.75 Å². The fourth-order valence-corrected chi connectivity index (χ4v) is 2.08. The number of hydrogen-bond acceptors (Lipinski definition) is 3. The molecule has 0 saturated carbocycles. The van der Waals surface area contributed by atoms with Gasteiger partial charge < -0.3 is 15.2 Å². The van der Waals surface area contributed by atoms with Crippen LogP contribution in [0.4, 0.5) is 4.39 Å². The first-order chi connectivity index (χ1) is 10.2. The van der Waals surface area contributed by atoms with E-state index < -0.39 is 6.10 Å². The maximum absolute atomic E-state index is 12.7. The highest BCUT2D eigenvalue weighted by Gasteiger charge is 2.04. The van der Waals surface area contributed by atoms with Crippen molar-refractivity contribution in [3.63, 3.8) is 0 Å². The molecule has 3 nitrogen and oxygen atoms in total. The van der Waals surface area contributed by atoms with Gasteiger partial charge in [0.05, 0.1) is 0 Å². The average molecular weight is 297 g/mol. The lowest BCUT2D eigenvalue weighted by molar-refractivity contribution is 0.106. The summed E-state index contributed by atoms with van der Waals surface area (Å²) in [6, 6.07) is 5.81. The van der Waals surface area contributed by atoms with Crippen LogP contribution in [0.3, 0.4) is 0 Å². The Bertz CT molecular complexity index is 356. The highest BCUT2D eigenvalue weighted by atomic mass is 19.1. The Morgan fingerprint density at radius 2 is 1.76 bits per heavy atom. The third-order valence-corrected chi connectivity index (χ3v) is 3.34. The van der Waals surface area contributed by atoms with E-state index in [0.29, 0.717) is 12.3 Å². The summed E-state index contributed by atoms with van der Waals surface area (Å²) >= 11 is 0. The summed E-state index contributed by atoms with van der Waals surface area (Å²) in [7, 11) is 0. The maximum atomic E-state index is 12.7. The Balaban J connectivity index is 1.96. The van der Waals surface area contributed by atoms with E-state index in [2.05, 4.69) is 12.2 Å². The number of hydrogen-bond donors (Lipinski definition) is 2. The molecule has 120 valence electrons. The second-order valence-corrected chi connectivity index (χ2v) is 5.39. The van der Waals surface area contributed by atoms with Crippen molar-refractivity contribution in [2.24, 2.45) is 0 Å². The lowest BCUT2D eigenvalue weighted by Crippen LogP contribution is -2.32. The number of halogens is 1. The van der Waals surface area contributed by atoms with Gasteiger partial charge in [-0.3, -0.25) is 0 Å². The zero-order chi connectivity index (χ0) is 15.3. The molecule has 0 heterocycles. The monoisotopic (exact) mass is 297 g/mol. The first-order valence-corrected chi connectivity index (χ1v) is 7.99. The van der Waals surface area contributed by atoms with Crippen LogP contribution in [0.1, 0.15) is 45.4 Å². The normalized spacial score (nSPS) is 12.3. The van der Waals surface area contributed by atoms with Gasteiger partial charge in [-0.1, -0.05) is 39.0 Å². The number of unbranched alkanes of at least 4 members (excludes halogenated alkanes) is 5. The highest BCUT2D eigenvalue weighted by Crippen LogP contribution is 2.11. The number of nitrogens with one attached hydrogen (secondary N) is 1. The van der Waals surface area contributed by atoms with E-state index in [-0.39, 0.29) is 12.4 Å². The predicted octanol–water partition coefficient (Wildman–Crippen LogP) is 3.52. The Hall–Kier alpha value is -1.13. The SMILES string of the molecule is CCCCCCCCNCC(O)COc1ccc(F)cc1. The first kappa shape index (κ1) is 17.9. The largest absolute Gasteiger partial charge is 0.491 e. The highest BCUT2D eigenvalue weighted by molar-refractivity contribution is 5.22. The van der Waals surface area contributed by atoms with Gasteiger partial charge in [-0.2, -0.15) is 0 Å². The molecule has 0 aliphatic carbocycles. The molecule has 0 aromatic heterocycles. The minimum absolute atomic E-state index is 0.217. The van der Waals surface area contributed by atoms with E-state index in [4.69, 9.17) is 4.74 Å². The number of ether oxygens (including phenoxy) is 1. The number of rotatable bonds is 12. The van der Waals surface area contributed by atoms with Gasteiger partial charge >= 0.3 is 0 Å². The molecule has 0 spiro atoms. The van der Waals surface area contributed by atoms with Crippen LogP contribution >= 0.6 is 0 Å². The van der Waals surface area contributed by atoms with Gasteiger partial charge in [0, 0.05) is 6.54 Å². The van der Waals surface area contributed by atoms with E-state index in [0.717, 1.165) is 13.0 Å². The zero-order valence-corrected chi connectivity index (χ0v) is 13.0. The van der Waals surface area contributed by atoms with Crippen LogP contribution in [0, 0.1) is 5.82 Å². The second kappa shape index (κ2) is 11.5. The van der Waals surface area contributed by atoms with E-state index in [9.17, 15) is 9.50 Å². The van der Waals surface area contributed by atoms with Gasteiger partial charge in [0.25, 0.3) is 0 Å². The molecule has 1 atom stereocenters. The lowest BCUT2D eigenvalue weighted by atomic mass is 10.1. The third-order valence-electron chi connectivity index (χ3n) is 3.34.